The van der Waals surface area contributed by atoms with Gasteiger partial charge in [0.15, 0.2) is 0 Å². The summed E-state index contributed by atoms with van der Waals surface area (Å²) in [6.45, 7) is 18.9. The Balaban J connectivity index is 0. The summed E-state index contributed by atoms with van der Waals surface area (Å²) in [5.41, 5.74) is 2.42. The number of piperidine rings is 1. The van der Waals surface area contributed by atoms with Crippen molar-refractivity contribution in [2.24, 2.45) is 4.99 Å². The molecular weight excluding hydrogens is 640 g/mol. The summed E-state index contributed by atoms with van der Waals surface area (Å²) in [7, 11) is 0. The molecular formula is C32H41ClF2K2N4OS-2. The number of fused-ring (bicyclic) bond motifs is 1. The van der Waals surface area contributed by atoms with Gasteiger partial charge in [0, 0.05) is 9.93 Å². The van der Waals surface area contributed by atoms with Gasteiger partial charge in [0.05, 0.1) is 6.54 Å². The summed E-state index contributed by atoms with van der Waals surface area (Å²) in [5, 5.41) is 10.3. The Hall–Kier alpha value is 0.563. The van der Waals surface area contributed by atoms with Crippen LogP contribution < -0.4 is 103 Å². The molecule has 2 fully saturated rings. The number of rotatable bonds is 7. The van der Waals surface area contributed by atoms with E-state index in [4.69, 9.17) is 23.6 Å². The van der Waals surface area contributed by atoms with Crippen LogP contribution in [0.25, 0.3) is 0 Å². The zero-order valence-corrected chi connectivity index (χ0v) is 34.2. The SMILES string of the molecule is CCC1CCCC(C)N1[C-]=O.C[CH-]F.Fc1cccc(Cl)c1.[CH-]=CC(=N)C1=C2C[CH-]CN2C(C(=C)S/C=C\C)=NC1.[K+].[K+]. The van der Waals surface area contributed by atoms with E-state index in [1.165, 1.54) is 31.6 Å². The summed E-state index contributed by atoms with van der Waals surface area (Å²) in [6, 6.07) is 6.68. The van der Waals surface area contributed by atoms with E-state index in [9.17, 15) is 13.6 Å². The quantitative estimate of drug-likeness (QED) is 0.274. The molecule has 11 heteroatoms. The normalized spacial score (nSPS) is 18.5. The smallest absolute Gasteiger partial charge is 0.520 e. The van der Waals surface area contributed by atoms with Crippen molar-refractivity contribution < 1.29 is 116 Å². The van der Waals surface area contributed by atoms with Crippen molar-refractivity contribution in [3.63, 3.8) is 0 Å². The van der Waals surface area contributed by atoms with Gasteiger partial charge in [-0.2, -0.15) is 20.0 Å². The molecule has 0 spiro atoms. The first-order chi connectivity index (χ1) is 19.7. The van der Waals surface area contributed by atoms with Gasteiger partial charge in [0.1, 0.15) is 11.7 Å². The summed E-state index contributed by atoms with van der Waals surface area (Å²) in [5.74, 6) is 0.623. The van der Waals surface area contributed by atoms with Gasteiger partial charge in [-0.15, -0.1) is 6.42 Å². The fraction of sp³-hybridized carbons (Fsp3) is 0.406. The molecule has 0 saturated carbocycles. The number of thioether (sulfide) groups is 1. The molecule has 226 valence electrons. The van der Waals surface area contributed by atoms with Crippen LogP contribution in [0.15, 0.2) is 69.6 Å². The Morgan fingerprint density at radius 1 is 1.40 bits per heavy atom. The third kappa shape index (κ3) is 16.3. The monoisotopic (exact) mass is 680 g/mol. The number of halogens is 3. The maximum absolute atomic E-state index is 12.1. The van der Waals surface area contributed by atoms with E-state index in [1.807, 2.05) is 29.7 Å². The number of carbonyl (C=O) groups excluding carboxylic acids is 1. The van der Waals surface area contributed by atoms with Crippen molar-refractivity contribution in [1.29, 1.82) is 5.41 Å². The Morgan fingerprint density at radius 2 is 2.07 bits per heavy atom. The Morgan fingerprint density at radius 3 is 2.56 bits per heavy atom. The third-order valence-corrected chi connectivity index (χ3v) is 7.55. The number of amides is 1. The zero-order valence-electron chi connectivity index (χ0n) is 26.4. The van der Waals surface area contributed by atoms with E-state index in [-0.39, 0.29) is 109 Å². The Labute approximate surface area is 352 Å². The second kappa shape index (κ2) is 26.6. The van der Waals surface area contributed by atoms with Crippen LogP contribution in [0.3, 0.4) is 0 Å². The van der Waals surface area contributed by atoms with Crippen LogP contribution in [0, 0.1) is 30.9 Å². The molecule has 2 atom stereocenters. The fourth-order valence-electron chi connectivity index (χ4n) is 4.48. The van der Waals surface area contributed by atoms with Crippen molar-refractivity contribution in [2.45, 2.75) is 71.9 Å². The number of allylic oxidation sites excluding steroid dienone is 3. The number of benzene rings is 1. The molecule has 4 rings (SSSR count). The summed E-state index contributed by atoms with van der Waals surface area (Å²) < 4.78 is 22.2. The average molecular weight is 681 g/mol. The van der Waals surface area contributed by atoms with Gasteiger partial charge >= 0.3 is 103 Å². The van der Waals surface area contributed by atoms with Crippen molar-refractivity contribution in [3.05, 3.63) is 95.1 Å². The van der Waals surface area contributed by atoms with E-state index in [1.54, 1.807) is 23.9 Å². The minimum atomic E-state index is -0.294. The molecule has 1 aromatic carbocycles. The summed E-state index contributed by atoms with van der Waals surface area (Å²) >= 11 is 6.98. The van der Waals surface area contributed by atoms with Crippen molar-refractivity contribution in [3.8, 4) is 0 Å². The predicted molar refractivity (Wildman–Crippen MR) is 171 cm³/mol. The standard InChI is InChI=1S/C15H17N3S.C9H16NO.C6H4ClF.C2H4F.2K/c1-4-9-19-11(3)15-17-10-12(13(16)5-2)14-7-6-8-18(14)15;1-3-9-6-4-5-8(2)10(9)7-11;7-5-2-1-3-6(8)4-5;1-2-3;;/h2,4-6,9,16H,3,7-8,10H2,1H3;8-9H,3-6H2,1-2H3;1-4H;2H,1H3;;/q-2;-1;;-1;2*+1/b9-4-,16-13?;;;;;. The predicted octanol–water partition coefficient (Wildman–Crippen LogP) is 2.68. The second-order valence-electron chi connectivity index (χ2n) is 9.26. The molecule has 1 N–H and O–H groups in total. The third-order valence-electron chi connectivity index (χ3n) is 6.44. The van der Waals surface area contributed by atoms with Gasteiger partial charge in [-0.1, -0.05) is 66.8 Å². The minimum absolute atomic E-state index is 0. The molecule has 2 unspecified atom stereocenters. The molecule has 3 aliphatic heterocycles. The van der Waals surface area contributed by atoms with Gasteiger partial charge in [-0.05, 0) is 80.9 Å². The number of hydrogen-bond acceptors (Lipinski definition) is 5. The molecule has 3 heterocycles. The first-order valence-electron chi connectivity index (χ1n) is 13.6. The largest absolute Gasteiger partial charge is 1.00 e. The first-order valence-corrected chi connectivity index (χ1v) is 14.9. The number of nitrogens with zero attached hydrogens (tertiary/aromatic N) is 3. The molecule has 0 bridgehead atoms. The molecule has 0 aromatic heterocycles. The van der Waals surface area contributed by atoms with Gasteiger partial charge in [0.2, 0.25) is 0 Å². The molecule has 3 aliphatic rings. The number of nitrogens with one attached hydrogen (secondary N) is 1. The van der Waals surface area contributed by atoms with Crippen LogP contribution in [0.4, 0.5) is 8.78 Å². The van der Waals surface area contributed by atoms with E-state index in [0.717, 1.165) is 54.2 Å². The van der Waals surface area contributed by atoms with E-state index < -0.39 is 0 Å². The first kappa shape index (κ1) is 45.7. The Bertz CT molecular complexity index is 1100. The van der Waals surface area contributed by atoms with Crippen molar-refractivity contribution in [2.75, 3.05) is 13.1 Å². The van der Waals surface area contributed by atoms with E-state index in [2.05, 4.69) is 36.7 Å². The fourth-order valence-corrected chi connectivity index (χ4v) is 5.23. The van der Waals surface area contributed by atoms with E-state index in [0.29, 0.717) is 36.0 Å². The maximum atomic E-state index is 12.1. The second-order valence-corrected chi connectivity index (χ2v) is 10.7. The molecule has 1 aromatic rings. The molecule has 1 amide bonds. The van der Waals surface area contributed by atoms with Crippen LogP contribution in [-0.4, -0.2) is 52.9 Å². The van der Waals surface area contributed by atoms with Crippen LogP contribution in [0.2, 0.25) is 5.02 Å². The van der Waals surface area contributed by atoms with Crippen LogP contribution in [0.5, 0.6) is 0 Å². The average Bonchev–Trinajstić information content (AvgIpc) is 3.46. The van der Waals surface area contributed by atoms with Gasteiger partial charge in [0.25, 0.3) is 0 Å². The molecule has 0 radical (unpaired) electrons. The molecule has 43 heavy (non-hydrogen) atoms. The van der Waals surface area contributed by atoms with E-state index >= 15 is 0 Å². The van der Waals surface area contributed by atoms with Gasteiger partial charge in [-0.3, -0.25) is 11.6 Å². The number of amidine groups is 1. The molecule has 2 saturated heterocycles. The number of aliphatic imine (C=N–C) groups is 1. The van der Waals surface area contributed by atoms with Gasteiger partial charge < -0.3 is 30.8 Å². The van der Waals surface area contributed by atoms with Crippen molar-refractivity contribution >= 4 is 41.3 Å². The summed E-state index contributed by atoms with van der Waals surface area (Å²) in [6.07, 6.45) is 13.1. The Kier molecular flexibility index (Phi) is 28.3. The molecule has 5 nitrogen and oxygen atoms in total. The molecule has 0 aliphatic carbocycles. The maximum Gasteiger partial charge on any atom is 1.00 e. The summed E-state index contributed by atoms with van der Waals surface area (Å²) in [4.78, 5) is 20.0. The van der Waals surface area contributed by atoms with Crippen LogP contribution in [-0.2, 0) is 4.79 Å². The van der Waals surface area contributed by atoms with Crippen molar-refractivity contribution in [1.82, 2.24) is 9.80 Å². The number of hydrogen-bond donors (Lipinski definition) is 1. The topological polar surface area (TPSA) is 59.8 Å². The number of likely N-dealkylation sites (tertiary alicyclic amines) is 1. The van der Waals surface area contributed by atoms with Crippen LogP contribution in [0.1, 0.15) is 59.8 Å². The zero-order chi connectivity index (χ0) is 30.8. The minimum Gasteiger partial charge on any atom is -0.520 e. The van der Waals surface area contributed by atoms with Gasteiger partial charge in [-0.25, -0.2) is 10.5 Å². The van der Waals surface area contributed by atoms with Crippen LogP contribution >= 0.6 is 23.4 Å².